The van der Waals surface area contributed by atoms with Gasteiger partial charge in [-0.2, -0.15) is 0 Å². The van der Waals surface area contributed by atoms with Gasteiger partial charge in [0.1, 0.15) is 5.76 Å². The van der Waals surface area contributed by atoms with Crippen LogP contribution in [-0.2, 0) is 0 Å². The molecule has 0 aromatic carbocycles. The average molecular weight is 263 g/mol. The van der Waals surface area contributed by atoms with Gasteiger partial charge in [0.05, 0.1) is 6.26 Å². The van der Waals surface area contributed by atoms with Gasteiger partial charge in [-0.3, -0.25) is 0 Å². The van der Waals surface area contributed by atoms with Gasteiger partial charge < -0.3 is 9.73 Å². The first-order valence-electron chi connectivity index (χ1n) is 7.76. The maximum atomic E-state index is 5.72. The van der Waals surface area contributed by atoms with Crippen molar-refractivity contribution in [1.29, 1.82) is 0 Å². The quantitative estimate of drug-likeness (QED) is 0.869. The molecule has 3 atom stereocenters. The first-order chi connectivity index (χ1) is 9.02. The van der Waals surface area contributed by atoms with E-state index in [0.29, 0.717) is 11.3 Å². The molecule has 2 nitrogen and oxygen atoms in total. The van der Waals surface area contributed by atoms with Crippen LogP contribution in [0, 0.1) is 17.3 Å². The lowest BCUT2D eigenvalue weighted by Crippen LogP contribution is -2.35. The van der Waals surface area contributed by atoms with Gasteiger partial charge in [0.15, 0.2) is 0 Å². The summed E-state index contributed by atoms with van der Waals surface area (Å²) in [5.41, 5.74) is 0.411. The van der Waals surface area contributed by atoms with Crippen LogP contribution in [0.2, 0.25) is 0 Å². The third-order valence-electron chi connectivity index (χ3n) is 4.78. The van der Waals surface area contributed by atoms with E-state index in [1.807, 2.05) is 12.3 Å². The lowest BCUT2D eigenvalue weighted by molar-refractivity contribution is 0.121. The van der Waals surface area contributed by atoms with Crippen molar-refractivity contribution in [3.63, 3.8) is 0 Å². The van der Waals surface area contributed by atoms with Crippen molar-refractivity contribution in [3.8, 4) is 0 Å². The highest BCUT2D eigenvalue weighted by molar-refractivity contribution is 5.09. The summed E-state index contributed by atoms with van der Waals surface area (Å²) in [5.74, 6) is 3.31. The molecule has 1 saturated carbocycles. The SMILES string of the molecule is CCNCC1CCC(C(C)(C)C)CC1c1ccco1. The predicted octanol–water partition coefficient (Wildman–Crippen LogP) is 4.44. The summed E-state index contributed by atoms with van der Waals surface area (Å²) in [4.78, 5) is 0. The fourth-order valence-corrected chi connectivity index (χ4v) is 3.44. The zero-order valence-corrected chi connectivity index (χ0v) is 12.9. The normalized spacial score (nSPS) is 28.5. The van der Waals surface area contributed by atoms with Gasteiger partial charge >= 0.3 is 0 Å². The van der Waals surface area contributed by atoms with Crippen LogP contribution in [0.25, 0.3) is 0 Å². The van der Waals surface area contributed by atoms with Crippen molar-refractivity contribution in [3.05, 3.63) is 24.2 Å². The Kier molecular flexibility index (Phi) is 4.72. The Hall–Kier alpha value is -0.760. The Bertz CT molecular complexity index is 363. The van der Waals surface area contributed by atoms with E-state index in [1.165, 1.54) is 25.0 Å². The highest BCUT2D eigenvalue weighted by Gasteiger charge is 2.37. The van der Waals surface area contributed by atoms with Crippen molar-refractivity contribution in [2.75, 3.05) is 13.1 Å². The molecule has 19 heavy (non-hydrogen) atoms. The van der Waals surface area contributed by atoms with Crippen molar-refractivity contribution in [1.82, 2.24) is 5.32 Å². The van der Waals surface area contributed by atoms with Gasteiger partial charge in [-0.25, -0.2) is 0 Å². The summed E-state index contributed by atoms with van der Waals surface area (Å²) < 4.78 is 5.72. The Morgan fingerprint density at radius 1 is 1.32 bits per heavy atom. The molecule has 0 aliphatic heterocycles. The Morgan fingerprint density at radius 2 is 2.11 bits per heavy atom. The van der Waals surface area contributed by atoms with Gasteiger partial charge in [0, 0.05) is 5.92 Å². The van der Waals surface area contributed by atoms with Crippen molar-refractivity contribution >= 4 is 0 Å². The third kappa shape index (κ3) is 3.62. The number of hydrogen-bond acceptors (Lipinski definition) is 2. The molecule has 1 heterocycles. The van der Waals surface area contributed by atoms with Gasteiger partial charge in [-0.15, -0.1) is 0 Å². The monoisotopic (exact) mass is 263 g/mol. The van der Waals surface area contributed by atoms with Crippen LogP contribution in [-0.4, -0.2) is 13.1 Å². The molecule has 2 heteroatoms. The Balaban J connectivity index is 2.10. The maximum Gasteiger partial charge on any atom is 0.107 e. The summed E-state index contributed by atoms with van der Waals surface area (Å²) in [7, 11) is 0. The second kappa shape index (κ2) is 6.13. The minimum Gasteiger partial charge on any atom is -0.469 e. The molecule has 0 radical (unpaired) electrons. The standard InChI is InChI=1S/C17H29NO/c1-5-18-12-13-8-9-14(17(2,3)4)11-15(13)16-7-6-10-19-16/h6-7,10,13-15,18H,5,8-9,11-12H2,1-4H3. The van der Waals surface area contributed by atoms with Crippen molar-refractivity contribution in [2.24, 2.45) is 17.3 Å². The van der Waals surface area contributed by atoms with E-state index in [1.54, 1.807) is 0 Å². The molecule has 0 amide bonds. The van der Waals surface area contributed by atoms with E-state index in [2.05, 4.69) is 39.1 Å². The van der Waals surface area contributed by atoms with E-state index < -0.39 is 0 Å². The van der Waals surface area contributed by atoms with Crippen LogP contribution in [0.4, 0.5) is 0 Å². The Labute approximate surface area is 118 Å². The van der Waals surface area contributed by atoms with Crippen LogP contribution in [0.5, 0.6) is 0 Å². The average Bonchev–Trinajstić information content (AvgIpc) is 2.88. The van der Waals surface area contributed by atoms with E-state index in [4.69, 9.17) is 4.42 Å². The first-order valence-corrected chi connectivity index (χ1v) is 7.76. The van der Waals surface area contributed by atoms with Gasteiger partial charge in [0.25, 0.3) is 0 Å². The summed E-state index contributed by atoms with van der Waals surface area (Å²) in [6.07, 6.45) is 5.77. The molecular weight excluding hydrogens is 234 g/mol. The molecule has 1 aliphatic rings. The molecule has 108 valence electrons. The molecular formula is C17H29NO. The zero-order chi connectivity index (χ0) is 13.9. The fourth-order valence-electron chi connectivity index (χ4n) is 3.44. The van der Waals surface area contributed by atoms with Gasteiger partial charge in [-0.1, -0.05) is 27.7 Å². The number of nitrogens with one attached hydrogen (secondary N) is 1. The summed E-state index contributed by atoms with van der Waals surface area (Å²) >= 11 is 0. The maximum absolute atomic E-state index is 5.72. The van der Waals surface area contributed by atoms with E-state index >= 15 is 0 Å². The summed E-state index contributed by atoms with van der Waals surface area (Å²) in [6, 6.07) is 4.19. The lowest BCUT2D eigenvalue weighted by atomic mass is 9.65. The van der Waals surface area contributed by atoms with Crippen LogP contribution >= 0.6 is 0 Å². The molecule has 2 rings (SSSR count). The van der Waals surface area contributed by atoms with Gasteiger partial charge in [-0.05, 0) is 61.7 Å². The third-order valence-corrected chi connectivity index (χ3v) is 4.78. The predicted molar refractivity (Wildman–Crippen MR) is 80.3 cm³/mol. The van der Waals surface area contributed by atoms with Crippen molar-refractivity contribution < 1.29 is 4.42 Å². The smallest absolute Gasteiger partial charge is 0.107 e. The van der Waals surface area contributed by atoms with Crippen LogP contribution in [0.15, 0.2) is 22.8 Å². The van der Waals surface area contributed by atoms with Crippen molar-refractivity contribution in [2.45, 2.75) is 52.9 Å². The minimum absolute atomic E-state index is 0.411. The highest BCUT2D eigenvalue weighted by Crippen LogP contribution is 2.46. The van der Waals surface area contributed by atoms with E-state index in [9.17, 15) is 0 Å². The topological polar surface area (TPSA) is 25.2 Å². The molecule has 0 spiro atoms. The number of furan rings is 1. The molecule has 1 aromatic rings. The summed E-state index contributed by atoms with van der Waals surface area (Å²) in [5, 5.41) is 3.52. The molecule has 0 saturated heterocycles. The largest absolute Gasteiger partial charge is 0.469 e. The van der Waals surface area contributed by atoms with Crippen LogP contribution in [0.3, 0.4) is 0 Å². The number of hydrogen-bond donors (Lipinski definition) is 1. The van der Waals surface area contributed by atoms with E-state index in [0.717, 1.165) is 24.9 Å². The minimum atomic E-state index is 0.411. The van der Waals surface area contributed by atoms with Crippen LogP contribution < -0.4 is 5.32 Å². The molecule has 0 bridgehead atoms. The first kappa shape index (κ1) is 14.6. The molecule has 1 N–H and O–H groups in total. The second-order valence-electron chi connectivity index (χ2n) is 7.07. The molecule has 3 unspecified atom stereocenters. The number of rotatable bonds is 4. The second-order valence-corrected chi connectivity index (χ2v) is 7.07. The van der Waals surface area contributed by atoms with Crippen LogP contribution in [0.1, 0.15) is 58.6 Å². The van der Waals surface area contributed by atoms with E-state index in [-0.39, 0.29) is 0 Å². The Morgan fingerprint density at radius 3 is 2.68 bits per heavy atom. The molecule has 1 fully saturated rings. The lowest BCUT2D eigenvalue weighted by Gasteiger charge is -2.41. The molecule has 1 aliphatic carbocycles. The molecule has 1 aromatic heterocycles. The van der Waals surface area contributed by atoms with Gasteiger partial charge in [0.2, 0.25) is 0 Å². The zero-order valence-electron chi connectivity index (χ0n) is 12.9. The fraction of sp³-hybridized carbons (Fsp3) is 0.765. The summed E-state index contributed by atoms with van der Waals surface area (Å²) in [6.45, 7) is 11.5. The highest BCUT2D eigenvalue weighted by atomic mass is 16.3.